The summed E-state index contributed by atoms with van der Waals surface area (Å²) in [6.45, 7) is 1.66. The van der Waals surface area contributed by atoms with Gasteiger partial charge in [-0.2, -0.15) is 0 Å². The molecule has 0 spiro atoms. The van der Waals surface area contributed by atoms with Crippen LogP contribution in [0.15, 0.2) is 23.1 Å². The van der Waals surface area contributed by atoms with Gasteiger partial charge in [0, 0.05) is 5.88 Å². The van der Waals surface area contributed by atoms with Crippen LogP contribution in [0, 0.1) is 6.92 Å². The lowest BCUT2D eigenvalue weighted by atomic mass is 10.2. The maximum absolute atomic E-state index is 11.7. The summed E-state index contributed by atoms with van der Waals surface area (Å²) in [5.74, 6) is 0.104. The van der Waals surface area contributed by atoms with Crippen LogP contribution >= 0.6 is 11.6 Å². The lowest BCUT2D eigenvalue weighted by molar-refractivity contribution is 0.596. The molecule has 0 aliphatic rings. The van der Waals surface area contributed by atoms with Gasteiger partial charge in [0.15, 0.2) is 0 Å². The van der Waals surface area contributed by atoms with Crippen molar-refractivity contribution in [3.63, 3.8) is 0 Å². The van der Waals surface area contributed by atoms with Crippen LogP contribution in [-0.2, 0) is 20.0 Å². The summed E-state index contributed by atoms with van der Waals surface area (Å²) in [6, 6.07) is 4.00. The molecule has 108 valence electrons. The molecule has 0 amide bonds. The van der Waals surface area contributed by atoms with Crippen molar-refractivity contribution in [3.05, 3.63) is 23.8 Å². The Bertz CT molecular complexity index is 656. The van der Waals surface area contributed by atoms with Gasteiger partial charge in [0.2, 0.25) is 20.0 Å². The molecule has 0 heterocycles. The number of nitrogens with one attached hydrogen (secondary N) is 1. The van der Waals surface area contributed by atoms with Crippen LogP contribution in [0.4, 0.5) is 5.69 Å². The number of halogens is 1. The number of alkyl halides is 1. The molecule has 1 rings (SSSR count). The van der Waals surface area contributed by atoms with Crippen molar-refractivity contribution < 1.29 is 16.8 Å². The Hall–Kier alpha value is -0.830. The van der Waals surface area contributed by atoms with Crippen molar-refractivity contribution in [2.75, 3.05) is 16.4 Å². The number of aryl methyl sites for hydroxylation is 1. The molecule has 0 radical (unpaired) electrons. The van der Waals surface area contributed by atoms with E-state index in [9.17, 15) is 16.8 Å². The number of rotatable bonds is 6. The van der Waals surface area contributed by atoms with E-state index in [1.807, 2.05) is 0 Å². The molecule has 1 aromatic rings. The second-order valence-electron chi connectivity index (χ2n) is 3.99. The zero-order valence-electron chi connectivity index (χ0n) is 10.3. The normalized spacial score (nSPS) is 12.4. The first-order valence-electron chi connectivity index (χ1n) is 5.35. The number of nitrogens with two attached hydrogens (primary N) is 1. The number of sulfonamides is 2. The maximum atomic E-state index is 11.7. The zero-order chi connectivity index (χ0) is 14.7. The zero-order valence-corrected chi connectivity index (χ0v) is 12.6. The summed E-state index contributed by atoms with van der Waals surface area (Å²) >= 11 is 5.44. The minimum Gasteiger partial charge on any atom is -0.283 e. The molecule has 0 aliphatic heterocycles. The molecule has 0 bridgehead atoms. The first kappa shape index (κ1) is 16.2. The van der Waals surface area contributed by atoms with Gasteiger partial charge < -0.3 is 0 Å². The van der Waals surface area contributed by atoms with E-state index in [1.54, 1.807) is 6.92 Å². The van der Waals surface area contributed by atoms with Gasteiger partial charge >= 0.3 is 0 Å². The summed E-state index contributed by atoms with van der Waals surface area (Å²) in [6.07, 6.45) is 0.310. The van der Waals surface area contributed by atoms with E-state index in [-0.39, 0.29) is 22.2 Å². The highest BCUT2D eigenvalue weighted by atomic mass is 35.5. The Labute approximate surface area is 118 Å². The van der Waals surface area contributed by atoms with Gasteiger partial charge in [-0.15, -0.1) is 11.6 Å². The summed E-state index contributed by atoms with van der Waals surface area (Å²) in [5.41, 5.74) is 0.794. The largest absolute Gasteiger partial charge is 0.283 e. The van der Waals surface area contributed by atoms with Crippen LogP contribution < -0.4 is 9.86 Å². The van der Waals surface area contributed by atoms with Crippen molar-refractivity contribution in [1.29, 1.82) is 0 Å². The minimum atomic E-state index is -3.87. The van der Waals surface area contributed by atoms with E-state index in [0.717, 1.165) is 0 Å². The first-order valence-corrected chi connectivity index (χ1v) is 9.09. The van der Waals surface area contributed by atoms with E-state index in [4.69, 9.17) is 16.7 Å². The van der Waals surface area contributed by atoms with Crippen molar-refractivity contribution in [1.82, 2.24) is 0 Å². The second-order valence-corrected chi connectivity index (χ2v) is 7.77. The standard InChI is InChI=1S/C10H15ClN2O4S2/c1-8-3-4-9(19(12,16)17)7-10(8)13-18(14,15)6-2-5-11/h3-4,7,13H,2,5-6H2,1H3,(H2,12,16,17). The highest BCUT2D eigenvalue weighted by Gasteiger charge is 2.14. The van der Waals surface area contributed by atoms with Crippen LogP contribution in [0.25, 0.3) is 0 Å². The topological polar surface area (TPSA) is 106 Å². The van der Waals surface area contributed by atoms with E-state index >= 15 is 0 Å². The highest BCUT2D eigenvalue weighted by Crippen LogP contribution is 2.20. The fourth-order valence-corrected chi connectivity index (χ4v) is 3.36. The van der Waals surface area contributed by atoms with Crippen molar-refractivity contribution in [3.8, 4) is 0 Å². The smallest absolute Gasteiger partial charge is 0.238 e. The quantitative estimate of drug-likeness (QED) is 0.761. The molecule has 9 heteroatoms. The summed E-state index contributed by atoms with van der Waals surface area (Å²) in [7, 11) is -7.42. The second kappa shape index (κ2) is 6.08. The Balaban J connectivity index is 3.08. The van der Waals surface area contributed by atoms with Crippen LogP contribution in [0.1, 0.15) is 12.0 Å². The molecule has 1 aromatic carbocycles. The maximum Gasteiger partial charge on any atom is 0.238 e. The van der Waals surface area contributed by atoms with Gasteiger partial charge in [-0.1, -0.05) is 6.07 Å². The fourth-order valence-electron chi connectivity index (χ4n) is 1.35. The van der Waals surface area contributed by atoms with Crippen molar-refractivity contribution in [2.24, 2.45) is 5.14 Å². The molecule has 0 saturated heterocycles. The molecular formula is C10H15ClN2O4S2. The van der Waals surface area contributed by atoms with Crippen LogP contribution in [0.2, 0.25) is 0 Å². The van der Waals surface area contributed by atoms with E-state index in [0.29, 0.717) is 12.0 Å². The van der Waals surface area contributed by atoms with Crippen molar-refractivity contribution in [2.45, 2.75) is 18.2 Å². The third-order valence-electron chi connectivity index (χ3n) is 2.35. The molecule has 19 heavy (non-hydrogen) atoms. The van der Waals surface area contributed by atoms with E-state index in [1.165, 1.54) is 18.2 Å². The Kier molecular flexibility index (Phi) is 5.19. The number of anilines is 1. The minimum absolute atomic E-state index is 0.129. The molecular weight excluding hydrogens is 312 g/mol. The van der Waals surface area contributed by atoms with Gasteiger partial charge in [0.1, 0.15) is 0 Å². The number of primary sulfonamides is 1. The number of benzene rings is 1. The molecule has 0 unspecified atom stereocenters. The summed E-state index contributed by atoms with van der Waals surface area (Å²) in [4.78, 5) is -0.145. The molecule has 0 saturated carbocycles. The van der Waals surface area contributed by atoms with E-state index in [2.05, 4.69) is 4.72 Å². The summed E-state index contributed by atoms with van der Waals surface area (Å²) in [5, 5.41) is 5.00. The van der Waals surface area contributed by atoms with Gasteiger partial charge in [0.05, 0.1) is 16.3 Å². The lowest BCUT2D eigenvalue weighted by Crippen LogP contribution is -2.18. The lowest BCUT2D eigenvalue weighted by Gasteiger charge is -2.11. The molecule has 0 aromatic heterocycles. The predicted molar refractivity (Wildman–Crippen MR) is 75.3 cm³/mol. The van der Waals surface area contributed by atoms with Gasteiger partial charge in [-0.05, 0) is 31.0 Å². The number of hydrogen-bond acceptors (Lipinski definition) is 4. The average Bonchev–Trinajstić information content (AvgIpc) is 2.28. The average molecular weight is 327 g/mol. The van der Waals surface area contributed by atoms with Gasteiger partial charge in [0.25, 0.3) is 0 Å². The van der Waals surface area contributed by atoms with Gasteiger partial charge in [-0.25, -0.2) is 22.0 Å². The SMILES string of the molecule is Cc1ccc(S(N)(=O)=O)cc1NS(=O)(=O)CCCCl. The predicted octanol–water partition coefficient (Wildman–Crippen LogP) is 1.01. The van der Waals surface area contributed by atoms with Crippen molar-refractivity contribution >= 4 is 37.3 Å². The molecule has 0 aliphatic carbocycles. The highest BCUT2D eigenvalue weighted by molar-refractivity contribution is 7.92. The molecule has 0 atom stereocenters. The van der Waals surface area contributed by atoms with Crippen LogP contribution in [0.5, 0.6) is 0 Å². The van der Waals surface area contributed by atoms with Crippen LogP contribution in [0.3, 0.4) is 0 Å². The summed E-state index contributed by atoms with van der Waals surface area (Å²) < 4.78 is 48.2. The molecule has 3 N–H and O–H groups in total. The Morgan fingerprint density at radius 2 is 1.89 bits per heavy atom. The van der Waals surface area contributed by atoms with Crippen LogP contribution in [-0.4, -0.2) is 28.5 Å². The number of hydrogen-bond donors (Lipinski definition) is 2. The van der Waals surface area contributed by atoms with E-state index < -0.39 is 20.0 Å². The molecule has 0 fully saturated rings. The Morgan fingerprint density at radius 3 is 2.42 bits per heavy atom. The third kappa shape index (κ3) is 4.98. The Morgan fingerprint density at radius 1 is 1.26 bits per heavy atom. The fraction of sp³-hybridized carbons (Fsp3) is 0.400. The molecule has 6 nitrogen and oxygen atoms in total. The van der Waals surface area contributed by atoms with Gasteiger partial charge in [-0.3, -0.25) is 4.72 Å². The monoisotopic (exact) mass is 326 g/mol. The third-order valence-corrected chi connectivity index (χ3v) is 4.89. The first-order chi connectivity index (χ1) is 8.65.